The fourth-order valence-electron chi connectivity index (χ4n) is 6.15. The zero-order valence-electron chi connectivity index (χ0n) is 31.8. The van der Waals surface area contributed by atoms with Gasteiger partial charge in [0.2, 0.25) is 0 Å². The van der Waals surface area contributed by atoms with E-state index in [0.29, 0.717) is 78.5 Å². The van der Waals surface area contributed by atoms with Gasteiger partial charge in [-0.15, -0.1) is 0 Å². The van der Waals surface area contributed by atoms with E-state index in [4.69, 9.17) is 27.5 Å². The van der Waals surface area contributed by atoms with Crippen molar-refractivity contribution in [3.63, 3.8) is 0 Å². The van der Waals surface area contributed by atoms with Crippen molar-refractivity contribution in [2.45, 2.75) is 92.5 Å². The number of nitrogens with zero attached hydrogens (tertiary/aromatic N) is 4. The first-order chi connectivity index (χ1) is 23.7. The van der Waals surface area contributed by atoms with Crippen LogP contribution < -0.4 is 0 Å². The number of carbonyl (C=O) groups is 3. The van der Waals surface area contributed by atoms with Crippen LogP contribution in [-0.2, 0) is 41.9 Å². The van der Waals surface area contributed by atoms with Crippen LogP contribution in [-0.4, -0.2) is 164 Å². The van der Waals surface area contributed by atoms with Crippen LogP contribution in [0.3, 0.4) is 0 Å². The summed E-state index contributed by atoms with van der Waals surface area (Å²) in [5.41, 5.74) is 0. The first-order valence-electron chi connectivity index (χ1n) is 19.0. The minimum atomic E-state index is -2.72. The molecule has 1 aliphatic rings. The first kappa shape index (κ1) is 45.4. The third-order valence-corrected chi connectivity index (χ3v) is 11.6. The summed E-state index contributed by atoms with van der Waals surface area (Å²) in [6.45, 7) is 24.0. The number of esters is 3. The van der Waals surface area contributed by atoms with Gasteiger partial charge in [-0.1, -0.05) is 0 Å². The van der Waals surface area contributed by atoms with Crippen molar-refractivity contribution in [1.29, 1.82) is 0 Å². The molecular weight excluding hydrogens is 648 g/mol. The van der Waals surface area contributed by atoms with Crippen molar-refractivity contribution in [2.75, 3.05) is 118 Å². The first-order valence-corrected chi connectivity index (χ1v) is 21.0. The minimum Gasteiger partial charge on any atom is -0.466 e. The van der Waals surface area contributed by atoms with E-state index in [1.54, 1.807) is 0 Å². The summed E-state index contributed by atoms with van der Waals surface area (Å²) in [4.78, 5) is 46.3. The Balaban J connectivity index is 3.10. The van der Waals surface area contributed by atoms with Crippen LogP contribution in [0, 0.1) is 0 Å². The topological polar surface area (TPSA) is 120 Å². The molecule has 49 heavy (non-hydrogen) atoms. The smallest absolute Gasteiger partial charge is 0.466 e. The van der Waals surface area contributed by atoms with Crippen molar-refractivity contribution in [3.05, 3.63) is 0 Å². The van der Waals surface area contributed by atoms with E-state index in [1.165, 1.54) is 0 Å². The van der Waals surface area contributed by atoms with Gasteiger partial charge in [-0.3, -0.25) is 14.4 Å². The summed E-state index contributed by atoms with van der Waals surface area (Å²) >= 11 is 0. The van der Waals surface area contributed by atoms with Crippen LogP contribution in [0.4, 0.5) is 0 Å². The number of ether oxygens (including phenoxy) is 3. The van der Waals surface area contributed by atoms with Crippen LogP contribution in [0.5, 0.6) is 0 Å². The maximum atomic E-state index is 12.3. The lowest BCUT2D eigenvalue weighted by atomic mass is 10.2. The predicted octanol–water partition coefficient (Wildman–Crippen LogP) is 3.68. The normalized spacial score (nSPS) is 17.3. The molecule has 0 bridgehead atoms. The zero-order chi connectivity index (χ0) is 36.2. The van der Waals surface area contributed by atoms with Crippen molar-refractivity contribution in [3.8, 4) is 0 Å². The largest absolute Gasteiger partial charge is 0.500 e. The predicted molar refractivity (Wildman–Crippen MR) is 193 cm³/mol. The Morgan fingerprint density at radius 2 is 0.755 bits per heavy atom. The summed E-state index contributed by atoms with van der Waals surface area (Å²) in [5, 5.41) is 0. The summed E-state index contributed by atoms with van der Waals surface area (Å²) < 4.78 is 34.0. The van der Waals surface area contributed by atoms with Gasteiger partial charge in [-0.25, -0.2) is 0 Å². The second-order valence-corrected chi connectivity index (χ2v) is 14.9. The SMILES string of the molecule is CCOC(=O)CCN1CCCN(CCC[Si](OCC)(OCC)OCC)CCCN(CCC(=O)OCC)CCN(CCC(=O)OCC)CCC1. The molecular formula is C35H70N4O9Si. The lowest BCUT2D eigenvalue weighted by molar-refractivity contribution is -0.144. The molecule has 13 nitrogen and oxygen atoms in total. The number of hydrogen-bond donors (Lipinski definition) is 0. The lowest BCUT2D eigenvalue weighted by Gasteiger charge is -2.30. The van der Waals surface area contributed by atoms with Crippen LogP contribution in [0.1, 0.15) is 86.5 Å². The Hall–Kier alpha value is -1.65. The highest BCUT2D eigenvalue weighted by molar-refractivity contribution is 6.60. The average Bonchev–Trinajstić information content (AvgIpc) is 3.07. The van der Waals surface area contributed by atoms with Crippen LogP contribution in [0.25, 0.3) is 0 Å². The molecule has 0 saturated carbocycles. The van der Waals surface area contributed by atoms with Gasteiger partial charge >= 0.3 is 26.7 Å². The van der Waals surface area contributed by atoms with E-state index in [1.807, 2.05) is 41.5 Å². The number of hydrogen-bond acceptors (Lipinski definition) is 13. The molecule has 1 aliphatic heterocycles. The highest BCUT2D eigenvalue weighted by atomic mass is 28.4. The van der Waals surface area contributed by atoms with E-state index in [0.717, 1.165) is 90.6 Å². The Labute approximate surface area is 298 Å². The molecule has 0 unspecified atom stereocenters. The van der Waals surface area contributed by atoms with E-state index in [-0.39, 0.29) is 17.9 Å². The molecule has 1 fully saturated rings. The maximum absolute atomic E-state index is 12.3. The molecule has 0 aromatic rings. The summed E-state index contributed by atoms with van der Waals surface area (Å²) in [7, 11) is -2.72. The monoisotopic (exact) mass is 718 g/mol. The average molecular weight is 719 g/mol. The summed E-state index contributed by atoms with van der Waals surface area (Å²) in [6, 6.07) is 0.776. The van der Waals surface area contributed by atoms with Gasteiger partial charge in [0.15, 0.2) is 0 Å². The third-order valence-electron chi connectivity index (χ3n) is 8.44. The lowest BCUT2D eigenvalue weighted by Crippen LogP contribution is -2.46. The number of carbonyl (C=O) groups excluding carboxylic acids is 3. The molecule has 0 atom stereocenters. The van der Waals surface area contributed by atoms with Crippen molar-refractivity contribution >= 4 is 26.7 Å². The quantitative estimate of drug-likeness (QED) is 0.0921. The highest BCUT2D eigenvalue weighted by Crippen LogP contribution is 2.19. The molecule has 288 valence electrons. The van der Waals surface area contributed by atoms with Crippen molar-refractivity contribution in [2.24, 2.45) is 0 Å². The molecule has 0 aliphatic carbocycles. The highest BCUT2D eigenvalue weighted by Gasteiger charge is 2.39. The minimum absolute atomic E-state index is 0.162. The van der Waals surface area contributed by atoms with E-state index < -0.39 is 8.80 Å². The number of rotatable bonds is 22. The van der Waals surface area contributed by atoms with Crippen molar-refractivity contribution in [1.82, 2.24) is 19.6 Å². The molecule has 0 amide bonds. The second-order valence-electron chi connectivity index (χ2n) is 12.2. The van der Waals surface area contributed by atoms with Crippen LogP contribution >= 0.6 is 0 Å². The fourth-order valence-corrected chi connectivity index (χ4v) is 8.74. The molecule has 0 N–H and O–H groups in total. The Morgan fingerprint density at radius 3 is 1.06 bits per heavy atom. The van der Waals surface area contributed by atoms with Gasteiger partial charge in [0.05, 0.1) is 39.1 Å². The molecule has 1 heterocycles. The molecule has 0 radical (unpaired) electrons. The molecule has 0 spiro atoms. The van der Waals surface area contributed by atoms with Gasteiger partial charge in [-0.05, 0) is 113 Å². The second kappa shape index (κ2) is 29.0. The third kappa shape index (κ3) is 22.0. The van der Waals surface area contributed by atoms with Gasteiger partial charge in [-0.2, -0.15) is 0 Å². The van der Waals surface area contributed by atoms with Crippen LogP contribution in [0.2, 0.25) is 6.04 Å². The summed E-state index contributed by atoms with van der Waals surface area (Å²) in [5.74, 6) is -0.519. The van der Waals surface area contributed by atoms with Gasteiger partial charge in [0, 0.05) is 58.6 Å². The van der Waals surface area contributed by atoms with Crippen molar-refractivity contribution < 1.29 is 41.9 Å². The van der Waals surface area contributed by atoms with Gasteiger partial charge in [0.25, 0.3) is 0 Å². The summed E-state index contributed by atoms with van der Waals surface area (Å²) in [6.07, 6.45) is 4.85. The molecule has 1 rings (SSSR count). The van der Waals surface area contributed by atoms with Gasteiger partial charge in [0.1, 0.15) is 0 Å². The Morgan fingerprint density at radius 1 is 0.449 bits per heavy atom. The molecule has 1 saturated heterocycles. The zero-order valence-corrected chi connectivity index (χ0v) is 32.8. The molecule has 0 aromatic carbocycles. The van der Waals surface area contributed by atoms with E-state index in [2.05, 4.69) is 19.6 Å². The maximum Gasteiger partial charge on any atom is 0.500 e. The van der Waals surface area contributed by atoms with Crippen LogP contribution in [0.15, 0.2) is 0 Å². The molecule has 0 aromatic heterocycles. The van der Waals surface area contributed by atoms with E-state index in [9.17, 15) is 14.4 Å². The Kier molecular flexibility index (Phi) is 26.8. The van der Waals surface area contributed by atoms with Gasteiger partial charge < -0.3 is 47.1 Å². The molecule has 14 heteroatoms. The fraction of sp³-hybridized carbons (Fsp3) is 0.914. The Bertz CT molecular complexity index is 856. The standard InChI is InChI=1S/C35H70N4O9Si/c1-7-43-33(40)17-27-37-22-13-20-36(26-16-32-49(46-10-4,47-11-5)48-12-6)21-14-24-38(28-18-34(41)44-8-2)30-31-39(25-15-23-37)29-19-35(42)45-9-3/h7-32H2,1-6H3. The van der Waals surface area contributed by atoms with E-state index >= 15 is 0 Å².